The topological polar surface area (TPSA) is 63.9 Å². The van der Waals surface area contributed by atoms with Gasteiger partial charge in [0, 0.05) is 31.0 Å². The summed E-state index contributed by atoms with van der Waals surface area (Å²) in [7, 11) is 0. The minimum Gasteiger partial charge on any atom is -0.331 e. The van der Waals surface area contributed by atoms with Gasteiger partial charge in [-0.3, -0.25) is 14.8 Å². The first-order valence-electron chi connectivity index (χ1n) is 7.55. The lowest BCUT2D eigenvalue weighted by molar-refractivity contribution is -0.147. The number of halogens is 3. The molecule has 0 atom stereocenters. The first-order valence-corrected chi connectivity index (χ1v) is 7.55. The predicted octanol–water partition coefficient (Wildman–Crippen LogP) is 2.50. The molecular formula is C16H12F3N5O. The van der Waals surface area contributed by atoms with Crippen molar-refractivity contribution in [2.24, 2.45) is 0 Å². The standard InChI is InChI=1S/C16H12F3N5O/c17-16(18,19)15-22-8-11-9-23(5-6-24(11)15)14(25)10-1-2-12-13(7-10)21-4-3-20-12/h1-4,7-8H,5-6,9H2. The van der Waals surface area contributed by atoms with Crippen molar-refractivity contribution in [1.29, 1.82) is 0 Å². The first kappa shape index (κ1) is 15.6. The van der Waals surface area contributed by atoms with Crippen molar-refractivity contribution in [2.75, 3.05) is 6.54 Å². The van der Waals surface area contributed by atoms with Crippen LogP contribution in [0, 0.1) is 0 Å². The molecule has 3 heterocycles. The molecule has 0 saturated heterocycles. The van der Waals surface area contributed by atoms with Crippen LogP contribution in [0.3, 0.4) is 0 Å². The highest BCUT2D eigenvalue weighted by Crippen LogP contribution is 2.30. The van der Waals surface area contributed by atoms with Crippen molar-refractivity contribution >= 4 is 16.9 Å². The van der Waals surface area contributed by atoms with E-state index in [4.69, 9.17) is 0 Å². The smallest absolute Gasteiger partial charge is 0.331 e. The molecule has 0 aliphatic carbocycles. The Morgan fingerprint density at radius 2 is 1.80 bits per heavy atom. The lowest BCUT2D eigenvalue weighted by Gasteiger charge is -2.29. The molecule has 0 N–H and O–H groups in total. The second kappa shape index (κ2) is 5.54. The third-order valence-electron chi connectivity index (χ3n) is 4.14. The van der Waals surface area contributed by atoms with E-state index in [-0.39, 0.29) is 25.5 Å². The van der Waals surface area contributed by atoms with Gasteiger partial charge in [0.15, 0.2) is 0 Å². The van der Waals surface area contributed by atoms with Crippen LogP contribution in [0.4, 0.5) is 13.2 Å². The number of aromatic nitrogens is 4. The molecular weight excluding hydrogens is 335 g/mol. The molecule has 0 radical (unpaired) electrons. The maximum Gasteiger partial charge on any atom is 0.449 e. The Morgan fingerprint density at radius 1 is 1.04 bits per heavy atom. The van der Waals surface area contributed by atoms with Crippen LogP contribution in [0.15, 0.2) is 36.8 Å². The second-order valence-electron chi connectivity index (χ2n) is 5.71. The molecule has 1 aromatic carbocycles. The van der Waals surface area contributed by atoms with Crippen molar-refractivity contribution in [1.82, 2.24) is 24.4 Å². The van der Waals surface area contributed by atoms with Gasteiger partial charge >= 0.3 is 6.18 Å². The summed E-state index contributed by atoms with van der Waals surface area (Å²) in [6.07, 6.45) is -0.224. The van der Waals surface area contributed by atoms with Gasteiger partial charge in [-0.05, 0) is 18.2 Å². The van der Waals surface area contributed by atoms with Gasteiger partial charge in [-0.1, -0.05) is 0 Å². The van der Waals surface area contributed by atoms with Gasteiger partial charge in [-0.2, -0.15) is 13.2 Å². The molecule has 1 amide bonds. The second-order valence-corrected chi connectivity index (χ2v) is 5.71. The first-order chi connectivity index (χ1) is 11.9. The van der Waals surface area contributed by atoms with Crippen molar-refractivity contribution in [2.45, 2.75) is 19.3 Å². The average Bonchev–Trinajstić information content (AvgIpc) is 3.04. The SMILES string of the molecule is O=C(c1ccc2nccnc2c1)N1CCn2c(cnc2C(F)(F)F)C1. The zero-order valence-corrected chi connectivity index (χ0v) is 12.9. The summed E-state index contributed by atoms with van der Waals surface area (Å²) in [5, 5.41) is 0. The number of benzene rings is 1. The number of carbonyl (C=O) groups is 1. The number of nitrogens with zero attached hydrogens (tertiary/aromatic N) is 5. The quantitative estimate of drug-likeness (QED) is 0.678. The van der Waals surface area contributed by atoms with Crippen molar-refractivity contribution in [3.63, 3.8) is 0 Å². The third kappa shape index (κ3) is 2.71. The fourth-order valence-corrected chi connectivity index (χ4v) is 2.96. The highest BCUT2D eigenvalue weighted by molar-refractivity contribution is 5.97. The highest BCUT2D eigenvalue weighted by Gasteiger charge is 2.38. The zero-order valence-electron chi connectivity index (χ0n) is 12.9. The zero-order chi connectivity index (χ0) is 17.6. The monoisotopic (exact) mass is 347 g/mol. The third-order valence-corrected chi connectivity index (χ3v) is 4.14. The van der Waals surface area contributed by atoms with Crippen LogP contribution < -0.4 is 0 Å². The number of fused-ring (bicyclic) bond motifs is 2. The summed E-state index contributed by atoms with van der Waals surface area (Å²) in [5.74, 6) is -1.18. The van der Waals surface area contributed by atoms with E-state index in [0.29, 0.717) is 22.3 Å². The summed E-state index contributed by atoms with van der Waals surface area (Å²) in [5.41, 5.74) is 2.06. The Kier molecular flexibility index (Phi) is 3.45. The van der Waals surface area contributed by atoms with E-state index >= 15 is 0 Å². The molecule has 0 fully saturated rings. The molecule has 1 aliphatic heterocycles. The van der Waals surface area contributed by atoms with Gasteiger partial charge in [-0.25, -0.2) is 4.98 Å². The van der Waals surface area contributed by atoms with Gasteiger partial charge in [0.05, 0.1) is 29.5 Å². The number of carbonyl (C=O) groups excluding carboxylic acids is 1. The average molecular weight is 347 g/mol. The van der Waals surface area contributed by atoms with Gasteiger partial charge in [0.1, 0.15) is 0 Å². The molecule has 2 aromatic heterocycles. The van der Waals surface area contributed by atoms with Crippen LogP contribution in [0.5, 0.6) is 0 Å². The van der Waals surface area contributed by atoms with E-state index in [1.807, 2.05) is 0 Å². The van der Waals surface area contributed by atoms with E-state index in [9.17, 15) is 18.0 Å². The molecule has 9 heteroatoms. The fraction of sp³-hybridized carbons (Fsp3) is 0.250. The molecule has 3 aromatic rings. The number of alkyl halides is 3. The molecule has 4 rings (SSSR count). The molecule has 0 unspecified atom stereocenters. The fourth-order valence-electron chi connectivity index (χ4n) is 2.96. The number of amides is 1. The van der Waals surface area contributed by atoms with Gasteiger partial charge in [0.25, 0.3) is 5.91 Å². The largest absolute Gasteiger partial charge is 0.449 e. The Labute approximate surface area is 139 Å². The summed E-state index contributed by atoms with van der Waals surface area (Å²) >= 11 is 0. The Balaban J connectivity index is 1.60. The van der Waals surface area contributed by atoms with E-state index in [2.05, 4.69) is 15.0 Å². The minimum atomic E-state index is -4.50. The molecule has 1 aliphatic rings. The van der Waals surface area contributed by atoms with Crippen LogP contribution in [0.2, 0.25) is 0 Å². The molecule has 0 spiro atoms. The van der Waals surface area contributed by atoms with E-state index in [1.54, 1.807) is 24.4 Å². The molecule has 6 nitrogen and oxygen atoms in total. The van der Waals surface area contributed by atoms with Crippen LogP contribution in [0.1, 0.15) is 21.9 Å². The van der Waals surface area contributed by atoms with Crippen molar-refractivity contribution < 1.29 is 18.0 Å². The van der Waals surface area contributed by atoms with Gasteiger partial charge in [-0.15, -0.1) is 0 Å². The van der Waals surface area contributed by atoms with Crippen LogP contribution >= 0.6 is 0 Å². The van der Waals surface area contributed by atoms with Crippen LogP contribution in [0.25, 0.3) is 11.0 Å². The number of rotatable bonds is 1. The molecule has 0 saturated carbocycles. The van der Waals surface area contributed by atoms with Gasteiger partial charge < -0.3 is 9.47 Å². The summed E-state index contributed by atoms with van der Waals surface area (Å²) in [6.45, 7) is 0.327. The van der Waals surface area contributed by atoms with E-state index < -0.39 is 12.0 Å². The van der Waals surface area contributed by atoms with Crippen LogP contribution in [-0.2, 0) is 19.3 Å². The summed E-state index contributed by atoms with van der Waals surface area (Å²) in [6, 6.07) is 4.98. The highest BCUT2D eigenvalue weighted by atomic mass is 19.4. The number of hydrogen-bond donors (Lipinski definition) is 0. The Morgan fingerprint density at radius 3 is 2.56 bits per heavy atom. The normalized spacial score (nSPS) is 14.6. The lowest BCUT2D eigenvalue weighted by Crippen LogP contribution is -2.39. The van der Waals surface area contributed by atoms with Gasteiger partial charge in [0.2, 0.25) is 5.82 Å². The molecule has 25 heavy (non-hydrogen) atoms. The van der Waals surface area contributed by atoms with E-state index in [0.717, 1.165) is 4.57 Å². The lowest BCUT2D eigenvalue weighted by atomic mass is 10.1. The Bertz CT molecular complexity index is 966. The maximum atomic E-state index is 12.9. The summed E-state index contributed by atoms with van der Waals surface area (Å²) < 4.78 is 39.8. The maximum absolute atomic E-state index is 12.9. The molecule has 0 bridgehead atoms. The summed E-state index contributed by atoms with van der Waals surface area (Å²) in [4.78, 5) is 26.0. The Hall–Kier alpha value is -2.97. The number of hydrogen-bond acceptors (Lipinski definition) is 4. The van der Waals surface area contributed by atoms with E-state index in [1.165, 1.54) is 17.3 Å². The van der Waals surface area contributed by atoms with Crippen molar-refractivity contribution in [3.05, 3.63) is 53.9 Å². The van der Waals surface area contributed by atoms with Crippen LogP contribution in [-0.4, -0.2) is 36.9 Å². The predicted molar refractivity (Wildman–Crippen MR) is 81.5 cm³/mol. The minimum absolute atomic E-state index is 0.0588. The molecule has 128 valence electrons. The van der Waals surface area contributed by atoms with Crippen molar-refractivity contribution in [3.8, 4) is 0 Å². The number of imidazole rings is 1.